The number of nitrogens with one attached hydrogen (secondary N) is 1. The molecule has 0 aromatic carbocycles. The van der Waals surface area contributed by atoms with Crippen LogP contribution >= 0.6 is 0 Å². The second kappa shape index (κ2) is 3.82. The van der Waals surface area contributed by atoms with Gasteiger partial charge in [0.05, 0.1) is 6.61 Å². The standard InChI is InChI=1S/C9H13N5O/c1-6(5-15)9-11-8(13-14(9)2)7-3-4-10-12-7/h3-4,6,15H,5H2,1-2H3,(H,10,12). The molecule has 0 aliphatic rings. The molecule has 2 aromatic rings. The van der Waals surface area contributed by atoms with E-state index in [-0.39, 0.29) is 12.5 Å². The van der Waals surface area contributed by atoms with Crippen molar-refractivity contribution in [3.8, 4) is 11.5 Å². The highest BCUT2D eigenvalue weighted by Crippen LogP contribution is 2.16. The van der Waals surface area contributed by atoms with Crippen LogP contribution < -0.4 is 0 Å². The molecule has 0 fully saturated rings. The Balaban J connectivity index is 2.37. The molecule has 15 heavy (non-hydrogen) atoms. The first kappa shape index (κ1) is 9.85. The molecule has 2 rings (SSSR count). The predicted octanol–water partition coefficient (Wildman–Crippen LogP) is 0.301. The Morgan fingerprint density at radius 3 is 3.00 bits per heavy atom. The SMILES string of the molecule is CC(CO)c1nc(-c2ccn[nH]2)nn1C. The minimum absolute atomic E-state index is 0.0147. The van der Waals surface area contributed by atoms with E-state index in [4.69, 9.17) is 5.11 Å². The number of aromatic amines is 1. The zero-order chi connectivity index (χ0) is 10.8. The van der Waals surface area contributed by atoms with Crippen LogP contribution in [0.1, 0.15) is 18.7 Å². The van der Waals surface area contributed by atoms with Gasteiger partial charge in [-0.1, -0.05) is 6.92 Å². The van der Waals surface area contributed by atoms with E-state index in [9.17, 15) is 0 Å². The maximum atomic E-state index is 9.05. The Hall–Kier alpha value is -1.69. The van der Waals surface area contributed by atoms with Gasteiger partial charge < -0.3 is 5.11 Å². The average molecular weight is 207 g/mol. The molecule has 2 N–H and O–H groups in total. The summed E-state index contributed by atoms with van der Waals surface area (Å²) in [6.07, 6.45) is 1.65. The molecule has 2 aromatic heterocycles. The maximum Gasteiger partial charge on any atom is 0.199 e. The van der Waals surface area contributed by atoms with Gasteiger partial charge in [-0.05, 0) is 6.07 Å². The van der Waals surface area contributed by atoms with Crippen molar-refractivity contribution in [2.45, 2.75) is 12.8 Å². The van der Waals surface area contributed by atoms with Crippen molar-refractivity contribution in [1.82, 2.24) is 25.0 Å². The number of hydrogen-bond acceptors (Lipinski definition) is 4. The molecule has 0 spiro atoms. The molecule has 0 aliphatic heterocycles. The van der Waals surface area contributed by atoms with Crippen LogP contribution in [0.15, 0.2) is 12.3 Å². The predicted molar refractivity (Wildman–Crippen MR) is 54.1 cm³/mol. The Morgan fingerprint density at radius 2 is 2.40 bits per heavy atom. The molecule has 0 saturated carbocycles. The van der Waals surface area contributed by atoms with Crippen LogP contribution in [0.2, 0.25) is 0 Å². The van der Waals surface area contributed by atoms with Crippen molar-refractivity contribution in [2.24, 2.45) is 7.05 Å². The summed E-state index contributed by atoms with van der Waals surface area (Å²) >= 11 is 0. The molecular weight excluding hydrogens is 194 g/mol. The van der Waals surface area contributed by atoms with Crippen molar-refractivity contribution < 1.29 is 5.11 Å². The third-order valence-corrected chi connectivity index (χ3v) is 2.25. The molecule has 80 valence electrons. The molecule has 1 unspecified atom stereocenters. The highest BCUT2D eigenvalue weighted by molar-refractivity contribution is 5.47. The summed E-state index contributed by atoms with van der Waals surface area (Å²) < 4.78 is 1.68. The molecule has 0 saturated heterocycles. The van der Waals surface area contributed by atoms with Gasteiger partial charge >= 0.3 is 0 Å². The molecule has 0 bridgehead atoms. The number of nitrogens with zero attached hydrogens (tertiary/aromatic N) is 4. The van der Waals surface area contributed by atoms with Gasteiger partial charge in [0.15, 0.2) is 5.82 Å². The topological polar surface area (TPSA) is 79.6 Å². The van der Waals surface area contributed by atoms with Crippen LogP contribution in [0.5, 0.6) is 0 Å². The maximum absolute atomic E-state index is 9.05. The van der Waals surface area contributed by atoms with Crippen LogP contribution in [0.3, 0.4) is 0 Å². The molecule has 0 amide bonds. The second-order valence-electron chi connectivity index (χ2n) is 3.47. The lowest BCUT2D eigenvalue weighted by molar-refractivity contribution is 0.266. The molecule has 6 heteroatoms. The zero-order valence-electron chi connectivity index (χ0n) is 8.68. The van der Waals surface area contributed by atoms with Crippen LogP contribution in [0, 0.1) is 0 Å². The lowest BCUT2D eigenvalue weighted by Crippen LogP contribution is -2.07. The fraction of sp³-hybridized carbons (Fsp3) is 0.444. The first-order valence-electron chi connectivity index (χ1n) is 4.74. The minimum Gasteiger partial charge on any atom is -0.396 e. The highest BCUT2D eigenvalue weighted by atomic mass is 16.3. The number of aliphatic hydroxyl groups excluding tert-OH is 1. The molecular formula is C9H13N5O. The summed E-state index contributed by atoms with van der Waals surface area (Å²) in [5, 5.41) is 19.9. The Morgan fingerprint density at radius 1 is 1.60 bits per heavy atom. The summed E-state index contributed by atoms with van der Waals surface area (Å²) in [4.78, 5) is 4.34. The van der Waals surface area contributed by atoms with Crippen LogP contribution in [-0.4, -0.2) is 36.7 Å². The Bertz CT molecular complexity index is 433. The lowest BCUT2D eigenvalue weighted by Gasteiger charge is -2.04. The van der Waals surface area contributed by atoms with E-state index >= 15 is 0 Å². The number of rotatable bonds is 3. The first-order valence-corrected chi connectivity index (χ1v) is 4.74. The van der Waals surface area contributed by atoms with Crippen molar-refractivity contribution >= 4 is 0 Å². The normalized spacial score (nSPS) is 13.0. The third kappa shape index (κ3) is 1.75. The van der Waals surface area contributed by atoms with Crippen molar-refractivity contribution in [1.29, 1.82) is 0 Å². The zero-order valence-corrected chi connectivity index (χ0v) is 8.68. The van der Waals surface area contributed by atoms with Crippen LogP contribution in [-0.2, 0) is 7.05 Å². The summed E-state index contributed by atoms with van der Waals surface area (Å²) in [7, 11) is 1.81. The summed E-state index contributed by atoms with van der Waals surface area (Å²) in [5.74, 6) is 1.35. The summed E-state index contributed by atoms with van der Waals surface area (Å²) in [5.41, 5.74) is 0.780. The Kier molecular flexibility index (Phi) is 2.51. The fourth-order valence-corrected chi connectivity index (χ4v) is 1.40. The number of aliphatic hydroxyl groups is 1. The van der Waals surface area contributed by atoms with E-state index in [0.717, 1.165) is 11.5 Å². The third-order valence-electron chi connectivity index (χ3n) is 2.25. The van der Waals surface area contributed by atoms with Crippen LogP contribution in [0.25, 0.3) is 11.5 Å². The van der Waals surface area contributed by atoms with Gasteiger partial charge in [0.2, 0.25) is 0 Å². The average Bonchev–Trinajstić information content (AvgIpc) is 2.84. The van der Waals surface area contributed by atoms with E-state index in [0.29, 0.717) is 5.82 Å². The largest absolute Gasteiger partial charge is 0.396 e. The van der Waals surface area contributed by atoms with Crippen molar-refractivity contribution in [3.63, 3.8) is 0 Å². The van der Waals surface area contributed by atoms with Crippen molar-refractivity contribution in [2.75, 3.05) is 6.61 Å². The summed E-state index contributed by atoms with van der Waals surface area (Å²) in [6.45, 7) is 1.97. The number of aryl methyl sites for hydroxylation is 1. The molecule has 0 radical (unpaired) electrons. The second-order valence-corrected chi connectivity index (χ2v) is 3.47. The van der Waals surface area contributed by atoms with Gasteiger partial charge in [0, 0.05) is 19.2 Å². The van der Waals surface area contributed by atoms with Gasteiger partial charge in [-0.3, -0.25) is 9.78 Å². The lowest BCUT2D eigenvalue weighted by atomic mass is 10.2. The minimum atomic E-state index is -0.0147. The van der Waals surface area contributed by atoms with Crippen molar-refractivity contribution in [3.05, 3.63) is 18.1 Å². The van der Waals surface area contributed by atoms with E-state index in [1.165, 1.54) is 0 Å². The monoisotopic (exact) mass is 207 g/mol. The van der Waals surface area contributed by atoms with Gasteiger partial charge in [-0.15, -0.1) is 5.10 Å². The van der Waals surface area contributed by atoms with E-state index in [2.05, 4.69) is 20.3 Å². The molecule has 6 nitrogen and oxygen atoms in total. The molecule has 1 atom stereocenters. The summed E-state index contributed by atoms with van der Waals surface area (Å²) in [6, 6.07) is 1.81. The van der Waals surface area contributed by atoms with Gasteiger partial charge in [0.1, 0.15) is 11.5 Å². The number of aromatic nitrogens is 5. The van der Waals surface area contributed by atoms with Gasteiger partial charge in [0.25, 0.3) is 0 Å². The number of hydrogen-bond donors (Lipinski definition) is 2. The van der Waals surface area contributed by atoms with Gasteiger partial charge in [-0.25, -0.2) is 4.98 Å². The molecule has 0 aliphatic carbocycles. The smallest absolute Gasteiger partial charge is 0.199 e. The van der Waals surface area contributed by atoms with Gasteiger partial charge in [-0.2, -0.15) is 5.10 Å². The number of H-pyrrole nitrogens is 1. The quantitative estimate of drug-likeness (QED) is 0.758. The van der Waals surface area contributed by atoms with E-state index < -0.39 is 0 Å². The van der Waals surface area contributed by atoms with E-state index in [1.54, 1.807) is 10.9 Å². The Labute approximate surface area is 87.0 Å². The first-order chi connectivity index (χ1) is 7.22. The fourth-order valence-electron chi connectivity index (χ4n) is 1.40. The molecule has 2 heterocycles. The van der Waals surface area contributed by atoms with E-state index in [1.807, 2.05) is 20.0 Å². The highest BCUT2D eigenvalue weighted by Gasteiger charge is 2.14. The van der Waals surface area contributed by atoms with Crippen LogP contribution in [0.4, 0.5) is 0 Å².